The lowest BCUT2D eigenvalue weighted by molar-refractivity contribution is -0.160. The molecule has 2 aliphatic rings. The fraction of sp³-hybridized carbons (Fsp3) is 0.889. The van der Waals surface area contributed by atoms with Crippen LogP contribution in [0.5, 0.6) is 0 Å². The van der Waals surface area contributed by atoms with Crippen LogP contribution < -0.4 is 0 Å². The molecule has 0 saturated carbocycles. The van der Waals surface area contributed by atoms with Crippen LogP contribution in [0, 0.1) is 0 Å². The molecule has 0 aromatic carbocycles. The van der Waals surface area contributed by atoms with E-state index in [4.69, 9.17) is 14.6 Å². The summed E-state index contributed by atoms with van der Waals surface area (Å²) in [4.78, 5) is 0. The van der Waals surface area contributed by atoms with E-state index in [0.29, 0.717) is 5.82 Å². The molecule has 0 aliphatic carbocycles. The van der Waals surface area contributed by atoms with Gasteiger partial charge in [-0.2, -0.15) is 0 Å². The van der Waals surface area contributed by atoms with Gasteiger partial charge in [0.05, 0.1) is 6.61 Å². The maximum absolute atomic E-state index is 9.84. The van der Waals surface area contributed by atoms with Gasteiger partial charge >= 0.3 is 0 Å². The van der Waals surface area contributed by atoms with E-state index in [1.807, 2.05) is 0 Å². The van der Waals surface area contributed by atoms with Crippen molar-refractivity contribution in [3.63, 3.8) is 0 Å². The number of hydrogen-bond acceptors (Lipinski definition) is 7. The first-order valence-electron chi connectivity index (χ1n) is 5.46. The van der Waals surface area contributed by atoms with Crippen LogP contribution in [0.4, 0.5) is 0 Å². The van der Waals surface area contributed by atoms with Gasteiger partial charge in [-0.25, -0.2) is 4.68 Å². The number of aromatic nitrogens is 4. The molecule has 0 radical (unpaired) electrons. The molecule has 0 bridgehead atoms. The van der Waals surface area contributed by atoms with Crippen LogP contribution in [-0.4, -0.2) is 55.0 Å². The number of aliphatic hydroxyl groups is 2. The van der Waals surface area contributed by atoms with Crippen LogP contribution >= 0.6 is 0 Å². The predicted molar refractivity (Wildman–Crippen MR) is 52.7 cm³/mol. The first-order valence-corrected chi connectivity index (χ1v) is 5.46. The molecule has 3 rings (SSSR count). The molecule has 1 aromatic rings. The van der Waals surface area contributed by atoms with Gasteiger partial charge in [0.1, 0.15) is 18.2 Å². The lowest BCUT2D eigenvalue weighted by Crippen LogP contribution is -2.36. The SMILES string of the molecule is CC1(C)O[C@H]2[C@@H]([C@H](O)CO)n3nnnc3[C@H]2O1. The normalized spacial score (nSPS) is 35.6. The maximum Gasteiger partial charge on any atom is 0.183 e. The Morgan fingerprint density at radius 1 is 1.47 bits per heavy atom. The molecular weight excluding hydrogens is 228 g/mol. The number of tetrazole rings is 1. The summed E-state index contributed by atoms with van der Waals surface area (Å²) in [6.07, 6.45) is -1.78. The van der Waals surface area contributed by atoms with Gasteiger partial charge in [-0.15, -0.1) is 5.10 Å². The summed E-state index contributed by atoms with van der Waals surface area (Å²) in [5.41, 5.74) is 0. The van der Waals surface area contributed by atoms with E-state index in [2.05, 4.69) is 15.5 Å². The second-order valence-corrected chi connectivity index (χ2v) is 4.74. The highest BCUT2D eigenvalue weighted by molar-refractivity contribution is 5.10. The van der Waals surface area contributed by atoms with Crippen LogP contribution in [0.25, 0.3) is 0 Å². The van der Waals surface area contributed by atoms with Gasteiger partial charge in [-0.3, -0.25) is 0 Å². The van der Waals surface area contributed by atoms with Crippen molar-refractivity contribution in [1.82, 2.24) is 20.2 Å². The van der Waals surface area contributed by atoms with Gasteiger partial charge < -0.3 is 19.7 Å². The molecule has 0 unspecified atom stereocenters. The van der Waals surface area contributed by atoms with Crippen LogP contribution in [0.2, 0.25) is 0 Å². The Balaban J connectivity index is 2.00. The van der Waals surface area contributed by atoms with Gasteiger partial charge in [0.2, 0.25) is 0 Å². The first-order chi connectivity index (χ1) is 8.03. The monoisotopic (exact) mass is 242 g/mol. The summed E-state index contributed by atoms with van der Waals surface area (Å²) in [7, 11) is 0. The van der Waals surface area contributed by atoms with E-state index >= 15 is 0 Å². The van der Waals surface area contributed by atoms with Crippen molar-refractivity contribution >= 4 is 0 Å². The standard InChI is InChI=1S/C9H14N4O4/c1-9(2)16-6-5(4(15)3-14)13-8(7(6)17-9)10-11-12-13/h4-7,14-15H,3H2,1-2H3/t4-,5-,6+,7+/m1/s1. The average molecular weight is 242 g/mol. The van der Waals surface area contributed by atoms with Crippen LogP contribution in [0.15, 0.2) is 0 Å². The fourth-order valence-electron chi connectivity index (χ4n) is 2.47. The molecule has 0 spiro atoms. The van der Waals surface area contributed by atoms with E-state index < -0.39 is 30.1 Å². The summed E-state index contributed by atoms with van der Waals surface area (Å²) in [5.74, 6) is -0.210. The highest BCUT2D eigenvalue weighted by atomic mass is 16.8. The van der Waals surface area contributed by atoms with Crippen LogP contribution in [-0.2, 0) is 9.47 Å². The number of fused-ring (bicyclic) bond motifs is 3. The third kappa shape index (κ3) is 1.48. The molecule has 1 aromatic heterocycles. The first kappa shape index (κ1) is 11.0. The third-order valence-electron chi connectivity index (χ3n) is 3.10. The highest BCUT2D eigenvalue weighted by Gasteiger charge is 2.56. The average Bonchev–Trinajstić information content (AvgIpc) is 2.87. The number of rotatable bonds is 2. The van der Waals surface area contributed by atoms with Crippen molar-refractivity contribution in [2.75, 3.05) is 6.61 Å². The summed E-state index contributed by atoms with van der Waals surface area (Å²) in [5, 5.41) is 30.1. The Bertz CT molecular complexity index is 434. The summed E-state index contributed by atoms with van der Waals surface area (Å²) in [6.45, 7) is 3.21. The lowest BCUT2D eigenvalue weighted by Gasteiger charge is -2.24. The molecule has 8 heteroatoms. The highest BCUT2D eigenvalue weighted by Crippen LogP contribution is 2.47. The molecular formula is C9H14N4O4. The van der Waals surface area contributed by atoms with E-state index in [1.54, 1.807) is 13.8 Å². The predicted octanol–water partition coefficient (Wildman–Crippen LogP) is -1.23. The van der Waals surface area contributed by atoms with Gasteiger partial charge in [-0.1, -0.05) is 0 Å². The van der Waals surface area contributed by atoms with Crippen molar-refractivity contribution in [2.45, 2.75) is 44.0 Å². The van der Waals surface area contributed by atoms with E-state index in [9.17, 15) is 5.11 Å². The topological polar surface area (TPSA) is 103 Å². The van der Waals surface area contributed by atoms with Gasteiger partial charge in [0.15, 0.2) is 17.7 Å². The van der Waals surface area contributed by atoms with Crippen molar-refractivity contribution in [2.24, 2.45) is 0 Å². The van der Waals surface area contributed by atoms with Gasteiger partial charge in [0, 0.05) is 0 Å². The van der Waals surface area contributed by atoms with Crippen molar-refractivity contribution < 1.29 is 19.7 Å². The largest absolute Gasteiger partial charge is 0.394 e. The molecule has 94 valence electrons. The molecule has 1 fully saturated rings. The number of aliphatic hydroxyl groups excluding tert-OH is 2. The number of hydrogen-bond donors (Lipinski definition) is 2. The molecule has 17 heavy (non-hydrogen) atoms. The molecule has 3 heterocycles. The van der Waals surface area contributed by atoms with Crippen LogP contribution in [0.3, 0.4) is 0 Å². The van der Waals surface area contributed by atoms with Crippen molar-refractivity contribution in [1.29, 1.82) is 0 Å². The van der Waals surface area contributed by atoms with E-state index in [-0.39, 0.29) is 6.61 Å². The Labute approximate surface area is 97.1 Å². The Morgan fingerprint density at radius 2 is 2.24 bits per heavy atom. The smallest absolute Gasteiger partial charge is 0.183 e. The minimum Gasteiger partial charge on any atom is -0.394 e. The fourth-order valence-corrected chi connectivity index (χ4v) is 2.47. The van der Waals surface area contributed by atoms with E-state index in [0.717, 1.165) is 0 Å². The second kappa shape index (κ2) is 3.45. The zero-order chi connectivity index (χ0) is 12.2. The van der Waals surface area contributed by atoms with Crippen molar-refractivity contribution in [3.8, 4) is 0 Å². The Kier molecular flexibility index (Phi) is 2.24. The molecule has 1 saturated heterocycles. The quantitative estimate of drug-likeness (QED) is 0.669. The minimum absolute atomic E-state index is 0.378. The summed E-state index contributed by atoms with van der Waals surface area (Å²) < 4.78 is 12.9. The maximum atomic E-state index is 9.84. The van der Waals surface area contributed by atoms with Gasteiger partial charge in [-0.05, 0) is 24.3 Å². The zero-order valence-electron chi connectivity index (χ0n) is 9.52. The second-order valence-electron chi connectivity index (χ2n) is 4.74. The van der Waals surface area contributed by atoms with Crippen LogP contribution in [0.1, 0.15) is 31.8 Å². The molecule has 4 atom stereocenters. The van der Waals surface area contributed by atoms with E-state index in [1.165, 1.54) is 4.68 Å². The number of ether oxygens (including phenoxy) is 2. The molecule has 8 nitrogen and oxygen atoms in total. The minimum atomic E-state index is -0.982. The lowest BCUT2D eigenvalue weighted by atomic mass is 10.1. The molecule has 2 N–H and O–H groups in total. The third-order valence-corrected chi connectivity index (χ3v) is 3.10. The molecule has 0 amide bonds. The van der Waals surface area contributed by atoms with Gasteiger partial charge in [0.25, 0.3) is 0 Å². The summed E-state index contributed by atoms with van der Waals surface area (Å²) in [6, 6.07) is -0.517. The Morgan fingerprint density at radius 3 is 2.94 bits per heavy atom. The number of nitrogens with zero attached hydrogens (tertiary/aromatic N) is 4. The summed E-state index contributed by atoms with van der Waals surface area (Å²) >= 11 is 0. The molecule has 2 aliphatic heterocycles. The Hall–Kier alpha value is -1.09. The van der Waals surface area contributed by atoms with Crippen molar-refractivity contribution in [3.05, 3.63) is 5.82 Å². The zero-order valence-corrected chi connectivity index (χ0v) is 9.52.